The minimum Gasteiger partial charge on any atom is -0.481 e. The van der Waals surface area contributed by atoms with Gasteiger partial charge in [0.05, 0.1) is 12.8 Å². The fraction of sp³-hybridized carbons (Fsp3) is 0.176. The third kappa shape index (κ3) is 4.76. The van der Waals surface area contributed by atoms with E-state index in [4.69, 9.17) is 5.11 Å². The molecule has 2 aromatic rings. The molecular formula is C17H17NO3. The summed E-state index contributed by atoms with van der Waals surface area (Å²) in [6.07, 6.45) is 0.302. The number of aryl methyl sites for hydroxylation is 1. The smallest absolute Gasteiger partial charge is 0.307 e. The third-order valence-corrected chi connectivity index (χ3v) is 3.04. The molecule has 0 aliphatic carbocycles. The molecule has 2 N–H and O–H groups in total. The van der Waals surface area contributed by atoms with Gasteiger partial charge < -0.3 is 10.4 Å². The first-order valence-corrected chi connectivity index (χ1v) is 6.69. The number of benzene rings is 2. The topological polar surface area (TPSA) is 66.4 Å². The predicted octanol–water partition coefficient (Wildman–Crippen LogP) is 2.80. The summed E-state index contributed by atoms with van der Waals surface area (Å²) in [5, 5.41) is 11.5. The van der Waals surface area contributed by atoms with Crippen LogP contribution in [-0.2, 0) is 22.4 Å². The Kier molecular flexibility index (Phi) is 4.72. The predicted molar refractivity (Wildman–Crippen MR) is 81.3 cm³/mol. The molecule has 4 heteroatoms. The molecular weight excluding hydrogens is 266 g/mol. The number of hydrogen-bond donors (Lipinski definition) is 2. The molecule has 0 spiro atoms. The average molecular weight is 283 g/mol. The van der Waals surface area contributed by atoms with E-state index in [9.17, 15) is 9.59 Å². The summed E-state index contributed by atoms with van der Waals surface area (Å²) in [5.74, 6) is -0.960. The summed E-state index contributed by atoms with van der Waals surface area (Å²) in [6, 6.07) is 14.7. The van der Waals surface area contributed by atoms with Gasteiger partial charge in [0.2, 0.25) is 5.91 Å². The SMILES string of the molecule is Cc1cccc(CC(=O)Nc2ccc(CC(=O)O)cc2)c1. The Bertz CT molecular complexity index is 647. The van der Waals surface area contributed by atoms with Crippen LogP contribution in [0.25, 0.3) is 0 Å². The van der Waals surface area contributed by atoms with Gasteiger partial charge in [-0.3, -0.25) is 9.59 Å². The molecule has 0 radical (unpaired) electrons. The second-order valence-corrected chi connectivity index (χ2v) is 4.98. The highest BCUT2D eigenvalue weighted by Gasteiger charge is 2.05. The van der Waals surface area contributed by atoms with Crippen LogP contribution in [0.5, 0.6) is 0 Å². The van der Waals surface area contributed by atoms with E-state index in [2.05, 4.69) is 5.32 Å². The van der Waals surface area contributed by atoms with Crippen LogP contribution in [0.1, 0.15) is 16.7 Å². The highest BCUT2D eigenvalue weighted by atomic mass is 16.4. The summed E-state index contributed by atoms with van der Waals surface area (Å²) in [7, 11) is 0. The second kappa shape index (κ2) is 6.70. The molecule has 2 aromatic carbocycles. The van der Waals surface area contributed by atoms with Gasteiger partial charge in [-0.1, -0.05) is 42.0 Å². The fourth-order valence-electron chi connectivity index (χ4n) is 2.09. The Morgan fingerprint density at radius 3 is 2.33 bits per heavy atom. The zero-order valence-electron chi connectivity index (χ0n) is 11.8. The van der Waals surface area contributed by atoms with Crippen molar-refractivity contribution >= 4 is 17.6 Å². The highest BCUT2D eigenvalue weighted by Crippen LogP contribution is 2.11. The van der Waals surface area contributed by atoms with Gasteiger partial charge in [-0.15, -0.1) is 0 Å². The van der Waals surface area contributed by atoms with E-state index < -0.39 is 5.97 Å². The fourth-order valence-corrected chi connectivity index (χ4v) is 2.09. The van der Waals surface area contributed by atoms with Crippen molar-refractivity contribution in [1.29, 1.82) is 0 Å². The second-order valence-electron chi connectivity index (χ2n) is 4.98. The summed E-state index contributed by atoms with van der Waals surface area (Å²) in [6.45, 7) is 1.99. The summed E-state index contributed by atoms with van der Waals surface area (Å²) >= 11 is 0. The number of hydrogen-bond acceptors (Lipinski definition) is 2. The Morgan fingerprint density at radius 1 is 1.00 bits per heavy atom. The molecule has 1 amide bonds. The molecule has 21 heavy (non-hydrogen) atoms. The molecule has 0 aliphatic rings. The zero-order valence-corrected chi connectivity index (χ0v) is 11.8. The standard InChI is InChI=1S/C17H17NO3/c1-12-3-2-4-14(9-12)10-16(19)18-15-7-5-13(6-8-15)11-17(20)21/h2-9H,10-11H2,1H3,(H,18,19)(H,20,21). The maximum absolute atomic E-state index is 12.0. The Morgan fingerprint density at radius 2 is 1.71 bits per heavy atom. The lowest BCUT2D eigenvalue weighted by atomic mass is 10.1. The number of rotatable bonds is 5. The Hall–Kier alpha value is -2.62. The Balaban J connectivity index is 1.95. The van der Waals surface area contributed by atoms with Crippen LogP contribution in [0.15, 0.2) is 48.5 Å². The molecule has 2 rings (SSSR count). The van der Waals surface area contributed by atoms with Crippen LogP contribution in [0, 0.1) is 6.92 Å². The van der Waals surface area contributed by atoms with Crippen molar-refractivity contribution in [2.45, 2.75) is 19.8 Å². The largest absolute Gasteiger partial charge is 0.481 e. The number of carboxylic acids is 1. The zero-order chi connectivity index (χ0) is 15.2. The normalized spacial score (nSPS) is 10.1. The highest BCUT2D eigenvalue weighted by molar-refractivity contribution is 5.92. The van der Waals surface area contributed by atoms with Crippen LogP contribution in [0.3, 0.4) is 0 Å². The molecule has 0 fully saturated rings. The lowest BCUT2D eigenvalue weighted by Gasteiger charge is -2.06. The van der Waals surface area contributed by atoms with Crippen molar-refractivity contribution in [2.24, 2.45) is 0 Å². The van der Waals surface area contributed by atoms with E-state index in [-0.39, 0.29) is 12.3 Å². The van der Waals surface area contributed by atoms with E-state index in [0.717, 1.165) is 11.1 Å². The van der Waals surface area contributed by atoms with Gasteiger partial charge in [0.25, 0.3) is 0 Å². The van der Waals surface area contributed by atoms with Gasteiger partial charge in [0, 0.05) is 5.69 Å². The van der Waals surface area contributed by atoms with Crippen molar-refractivity contribution in [3.05, 3.63) is 65.2 Å². The third-order valence-electron chi connectivity index (χ3n) is 3.04. The summed E-state index contributed by atoms with van der Waals surface area (Å²) in [4.78, 5) is 22.5. The van der Waals surface area contributed by atoms with Crippen LogP contribution >= 0.6 is 0 Å². The van der Waals surface area contributed by atoms with Gasteiger partial charge >= 0.3 is 5.97 Å². The number of carbonyl (C=O) groups excluding carboxylic acids is 1. The maximum Gasteiger partial charge on any atom is 0.307 e. The number of anilines is 1. The molecule has 0 saturated carbocycles. The minimum atomic E-state index is -0.869. The molecule has 0 aliphatic heterocycles. The molecule has 0 aromatic heterocycles. The Labute approximate surface area is 123 Å². The average Bonchev–Trinajstić information content (AvgIpc) is 2.40. The first-order chi connectivity index (χ1) is 10.0. The lowest BCUT2D eigenvalue weighted by Crippen LogP contribution is -2.14. The van der Waals surface area contributed by atoms with Crippen LogP contribution in [0.4, 0.5) is 5.69 Å². The van der Waals surface area contributed by atoms with Gasteiger partial charge in [-0.05, 0) is 30.2 Å². The van der Waals surface area contributed by atoms with Crippen molar-refractivity contribution in [2.75, 3.05) is 5.32 Å². The molecule has 0 heterocycles. The van der Waals surface area contributed by atoms with Crippen LogP contribution < -0.4 is 5.32 Å². The number of nitrogens with one attached hydrogen (secondary N) is 1. The van der Waals surface area contributed by atoms with Crippen LogP contribution in [0.2, 0.25) is 0 Å². The lowest BCUT2D eigenvalue weighted by molar-refractivity contribution is -0.136. The monoisotopic (exact) mass is 283 g/mol. The van der Waals surface area contributed by atoms with E-state index in [0.29, 0.717) is 17.7 Å². The first-order valence-electron chi connectivity index (χ1n) is 6.69. The molecule has 0 unspecified atom stereocenters. The summed E-state index contributed by atoms with van der Waals surface area (Å²) in [5.41, 5.74) is 3.47. The van der Waals surface area contributed by atoms with Crippen molar-refractivity contribution in [3.63, 3.8) is 0 Å². The van der Waals surface area contributed by atoms with Gasteiger partial charge in [0.1, 0.15) is 0 Å². The van der Waals surface area contributed by atoms with Crippen LogP contribution in [-0.4, -0.2) is 17.0 Å². The maximum atomic E-state index is 12.0. The van der Waals surface area contributed by atoms with Crippen molar-refractivity contribution in [1.82, 2.24) is 0 Å². The van der Waals surface area contributed by atoms with E-state index in [1.807, 2.05) is 31.2 Å². The summed E-state index contributed by atoms with van der Waals surface area (Å²) < 4.78 is 0. The molecule has 0 bridgehead atoms. The van der Waals surface area contributed by atoms with Gasteiger partial charge in [-0.25, -0.2) is 0 Å². The van der Waals surface area contributed by atoms with E-state index >= 15 is 0 Å². The van der Waals surface area contributed by atoms with Gasteiger partial charge in [-0.2, -0.15) is 0 Å². The first kappa shape index (κ1) is 14.8. The van der Waals surface area contributed by atoms with E-state index in [1.165, 1.54) is 0 Å². The minimum absolute atomic E-state index is 0.0164. The number of amides is 1. The molecule has 0 saturated heterocycles. The molecule has 108 valence electrons. The van der Waals surface area contributed by atoms with Gasteiger partial charge in [0.15, 0.2) is 0 Å². The van der Waals surface area contributed by atoms with Crippen molar-refractivity contribution < 1.29 is 14.7 Å². The molecule has 4 nitrogen and oxygen atoms in total. The quantitative estimate of drug-likeness (QED) is 0.886. The number of carbonyl (C=O) groups is 2. The number of carboxylic acid groups (broad SMARTS) is 1. The van der Waals surface area contributed by atoms with Crippen molar-refractivity contribution in [3.8, 4) is 0 Å². The number of aliphatic carboxylic acids is 1. The van der Waals surface area contributed by atoms with E-state index in [1.54, 1.807) is 24.3 Å². The molecule has 0 atom stereocenters.